The summed E-state index contributed by atoms with van der Waals surface area (Å²) in [4.78, 5) is 7.02. The summed E-state index contributed by atoms with van der Waals surface area (Å²) in [6.45, 7) is 5.24. The molecule has 158 valence electrons. The number of aliphatic imine (C=N–C) groups is 1. The first-order valence-corrected chi connectivity index (χ1v) is 10.1. The lowest BCUT2D eigenvalue weighted by atomic mass is 9.99. The van der Waals surface area contributed by atoms with Crippen LogP contribution in [0.2, 0.25) is 0 Å². The zero-order valence-electron chi connectivity index (χ0n) is 17.3. The van der Waals surface area contributed by atoms with Crippen molar-refractivity contribution in [2.75, 3.05) is 33.3 Å². The van der Waals surface area contributed by atoms with Gasteiger partial charge in [0.2, 0.25) is 0 Å². The Hall–Kier alpha value is -1.80. The molecule has 1 saturated heterocycles. The number of halogens is 1. The largest absolute Gasteiger partial charge is 0.497 e. The van der Waals surface area contributed by atoms with Crippen LogP contribution in [0.5, 0.6) is 5.75 Å². The van der Waals surface area contributed by atoms with Gasteiger partial charge in [-0.1, -0.05) is 42.5 Å². The van der Waals surface area contributed by atoms with Crippen molar-refractivity contribution >= 4 is 29.9 Å². The highest BCUT2D eigenvalue weighted by atomic mass is 127. The number of nitrogens with zero attached hydrogens (tertiary/aromatic N) is 2. The standard InChI is InChI=1S/C23H31N3O2.HI/c1-3-24-23(25-16-22(27)20-9-11-21(28-2)12-10-20)26-14-13-19(17-26)15-18-7-5-4-6-8-18;/h4-12,19,22,27H,3,13-17H2,1-2H3,(H,24,25);1H. The highest BCUT2D eigenvalue weighted by molar-refractivity contribution is 14.0. The number of methoxy groups -OCH3 is 1. The highest BCUT2D eigenvalue weighted by Crippen LogP contribution is 2.22. The molecule has 5 nitrogen and oxygen atoms in total. The van der Waals surface area contributed by atoms with Crippen molar-refractivity contribution < 1.29 is 9.84 Å². The Kier molecular flexibility index (Phi) is 9.73. The molecule has 2 N–H and O–H groups in total. The van der Waals surface area contributed by atoms with Gasteiger partial charge in [-0.15, -0.1) is 24.0 Å². The van der Waals surface area contributed by atoms with Gasteiger partial charge >= 0.3 is 0 Å². The summed E-state index contributed by atoms with van der Waals surface area (Å²) in [7, 11) is 1.64. The predicted molar refractivity (Wildman–Crippen MR) is 129 cm³/mol. The maximum Gasteiger partial charge on any atom is 0.194 e. The lowest BCUT2D eigenvalue weighted by Crippen LogP contribution is -2.40. The van der Waals surface area contributed by atoms with E-state index in [0.29, 0.717) is 12.5 Å². The van der Waals surface area contributed by atoms with Crippen LogP contribution in [-0.4, -0.2) is 49.3 Å². The SMILES string of the molecule is CCNC(=NCC(O)c1ccc(OC)cc1)N1CCC(Cc2ccccc2)C1.I. The summed E-state index contributed by atoms with van der Waals surface area (Å²) in [6, 6.07) is 18.2. The number of ether oxygens (including phenoxy) is 1. The summed E-state index contributed by atoms with van der Waals surface area (Å²) in [5.74, 6) is 2.32. The van der Waals surface area contributed by atoms with Crippen LogP contribution in [0.3, 0.4) is 0 Å². The van der Waals surface area contributed by atoms with E-state index in [9.17, 15) is 5.11 Å². The topological polar surface area (TPSA) is 57.1 Å². The smallest absolute Gasteiger partial charge is 0.194 e. The second-order valence-corrected chi connectivity index (χ2v) is 7.27. The zero-order valence-corrected chi connectivity index (χ0v) is 19.6. The van der Waals surface area contributed by atoms with E-state index in [1.807, 2.05) is 24.3 Å². The van der Waals surface area contributed by atoms with E-state index in [2.05, 4.69) is 47.5 Å². The van der Waals surface area contributed by atoms with Gasteiger partial charge < -0.3 is 20.1 Å². The average Bonchev–Trinajstić information content (AvgIpc) is 3.20. The van der Waals surface area contributed by atoms with Crippen molar-refractivity contribution in [3.8, 4) is 5.75 Å². The van der Waals surface area contributed by atoms with E-state index in [-0.39, 0.29) is 24.0 Å². The second kappa shape index (κ2) is 12.0. The molecular formula is C23H32IN3O2. The van der Waals surface area contributed by atoms with Crippen LogP contribution in [0.4, 0.5) is 0 Å². The molecule has 1 fully saturated rings. The monoisotopic (exact) mass is 509 g/mol. The van der Waals surface area contributed by atoms with Crippen LogP contribution < -0.4 is 10.1 Å². The number of rotatable bonds is 7. The second-order valence-electron chi connectivity index (χ2n) is 7.27. The van der Waals surface area contributed by atoms with Gasteiger partial charge in [-0.3, -0.25) is 4.99 Å². The van der Waals surface area contributed by atoms with Gasteiger partial charge in [0.25, 0.3) is 0 Å². The number of benzene rings is 2. The zero-order chi connectivity index (χ0) is 19.8. The molecule has 2 aromatic carbocycles. The number of hydrogen-bond acceptors (Lipinski definition) is 3. The molecule has 0 radical (unpaired) electrons. The maximum absolute atomic E-state index is 10.5. The Morgan fingerprint density at radius 1 is 1.21 bits per heavy atom. The van der Waals surface area contributed by atoms with Crippen LogP contribution in [0.15, 0.2) is 59.6 Å². The molecule has 2 atom stereocenters. The van der Waals surface area contributed by atoms with Crippen molar-refractivity contribution in [1.82, 2.24) is 10.2 Å². The molecule has 6 heteroatoms. The lowest BCUT2D eigenvalue weighted by Gasteiger charge is -2.22. The van der Waals surface area contributed by atoms with E-state index < -0.39 is 6.10 Å². The molecule has 3 rings (SSSR count). The third-order valence-electron chi connectivity index (χ3n) is 5.20. The van der Waals surface area contributed by atoms with Crippen molar-refractivity contribution in [3.05, 3.63) is 65.7 Å². The van der Waals surface area contributed by atoms with Crippen molar-refractivity contribution in [2.24, 2.45) is 10.9 Å². The number of hydrogen-bond donors (Lipinski definition) is 2. The molecule has 1 aliphatic heterocycles. The normalized spacial score (nSPS) is 17.6. The Balaban J connectivity index is 0.00000300. The van der Waals surface area contributed by atoms with E-state index in [1.54, 1.807) is 7.11 Å². The van der Waals surface area contributed by atoms with Crippen molar-refractivity contribution in [3.63, 3.8) is 0 Å². The van der Waals surface area contributed by atoms with Gasteiger partial charge in [0, 0.05) is 19.6 Å². The van der Waals surface area contributed by atoms with Crippen LogP contribution in [0, 0.1) is 5.92 Å². The number of nitrogens with one attached hydrogen (secondary N) is 1. The number of aliphatic hydroxyl groups excluding tert-OH is 1. The molecule has 0 aliphatic carbocycles. The molecule has 0 amide bonds. The maximum atomic E-state index is 10.5. The molecule has 1 heterocycles. The predicted octanol–water partition coefficient (Wildman–Crippen LogP) is 3.88. The summed E-state index contributed by atoms with van der Waals surface area (Å²) in [6.07, 6.45) is 1.65. The molecule has 0 saturated carbocycles. The van der Waals surface area contributed by atoms with E-state index in [1.165, 1.54) is 12.0 Å². The quantitative estimate of drug-likeness (QED) is 0.338. The Morgan fingerprint density at radius 2 is 1.93 bits per heavy atom. The van der Waals surface area contributed by atoms with E-state index >= 15 is 0 Å². The highest BCUT2D eigenvalue weighted by Gasteiger charge is 2.25. The molecule has 0 spiro atoms. The first kappa shape index (κ1) is 23.5. The van der Waals surface area contributed by atoms with Gasteiger partial charge in [0.15, 0.2) is 5.96 Å². The Morgan fingerprint density at radius 3 is 2.59 bits per heavy atom. The fourth-order valence-electron chi connectivity index (χ4n) is 3.67. The molecule has 2 unspecified atom stereocenters. The van der Waals surface area contributed by atoms with Gasteiger partial charge in [0.05, 0.1) is 19.8 Å². The minimum atomic E-state index is -0.623. The fourth-order valence-corrected chi connectivity index (χ4v) is 3.67. The molecule has 0 bridgehead atoms. The molecule has 1 aliphatic rings. The van der Waals surface area contributed by atoms with Crippen LogP contribution >= 0.6 is 24.0 Å². The first-order chi connectivity index (χ1) is 13.7. The van der Waals surface area contributed by atoms with Crippen LogP contribution in [0.1, 0.15) is 30.6 Å². The molecular weight excluding hydrogens is 477 g/mol. The molecule has 0 aromatic heterocycles. The van der Waals surface area contributed by atoms with E-state index in [4.69, 9.17) is 9.73 Å². The summed E-state index contributed by atoms with van der Waals surface area (Å²) in [5, 5.41) is 13.9. The third-order valence-corrected chi connectivity index (χ3v) is 5.20. The van der Waals surface area contributed by atoms with Gasteiger partial charge in [-0.05, 0) is 48.9 Å². The summed E-state index contributed by atoms with van der Waals surface area (Å²) in [5.41, 5.74) is 2.25. The van der Waals surface area contributed by atoms with Gasteiger partial charge in [0.1, 0.15) is 5.75 Å². The van der Waals surface area contributed by atoms with Crippen molar-refractivity contribution in [1.29, 1.82) is 0 Å². The molecule has 29 heavy (non-hydrogen) atoms. The Bertz CT molecular complexity index is 752. The molecule has 2 aromatic rings. The fraction of sp³-hybridized carbons (Fsp3) is 0.435. The minimum absolute atomic E-state index is 0. The first-order valence-electron chi connectivity index (χ1n) is 10.1. The Labute approximate surface area is 191 Å². The average molecular weight is 509 g/mol. The summed E-state index contributed by atoms with van der Waals surface area (Å²) >= 11 is 0. The summed E-state index contributed by atoms with van der Waals surface area (Å²) < 4.78 is 5.17. The minimum Gasteiger partial charge on any atom is -0.497 e. The lowest BCUT2D eigenvalue weighted by molar-refractivity contribution is 0.186. The van der Waals surface area contributed by atoms with Crippen LogP contribution in [-0.2, 0) is 6.42 Å². The van der Waals surface area contributed by atoms with E-state index in [0.717, 1.165) is 43.3 Å². The van der Waals surface area contributed by atoms with Crippen molar-refractivity contribution in [2.45, 2.75) is 25.9 Å². The van der Waals surface area contributed by atoms with Gasteiger partial charge in [-0.25, -0.2) is 0 Å². The van der Waals surface area contributed by atoms with Crippen LogP contribution in [0.25, 0.3) is 0 Å². The number of likely N-dealkylation sites (tertiary alicyclic amines) is 1. The number of aliphatic hydroxyl groups is 1. The van der Waals surface area contributed by atoms with Gasteiger partial charge in [-0.2, -0.15) is 0 Å². The number of guanidine groups is 1. The third kappa shape index (κ3) is 6.89.